The van der Waals surface area contributed by atoms with E-state index >= 15 is 0 Å². The van der Waals surface area contributed by atoms with Gasteiger partial charge in [0.25, 0.3) is 0 Å². The summed E-state index contributed by atoms with van der Waals surface area (Å²) in [6, 6.07) is 5.34. The molecule has 0 amide bonds. The van der Waals surface area contributed by atoms with E-state index < -0.39 is 5.82 Å². The number of benzene rings is 1. The SMILES string of the molecule is Cc1nc(-c2ccc3c(c2)OCCO3)nc(N)c1F. The fourth-order valence-electron chi connectivity index (χ4n) is 1.89. The standard InChI is InChI=1S/C13H12FN3O2/c1-7-11(14)12(15)17-13(16-7)8-2-3-9-10(6-8)19-5-4-18-9/h2-3,6H,4-5H2,1H3,(H2,15,16,17). The van der Waals surface area contributed by atoms with Gasteiger partial charge >= 0.3 is 0 Å². The topological polar surface area (TPSA) is 70.3 Å². The maximum Gasteiger partial charge on any atom is 0.186 e. The van der Waals surface area contributed by atoms with Crippen LogP contribution in [0.4, 0.5) is 10.2 Å². The second-order valence-corrected chi connectivity index (χ2v) is 4.19. The lowest BCUT2D eigenvalue weighted by Gasteiger charge is -2.18. The Balaban J connectivity index is 2.07. The molecule has 1 aliphatic rings. The fraction of sp³-hybridized carbons (Fsp3) is 0.231. The predicted octanol–water partition coefficient (Wildman–Crippen LogP) is 1.94. The van der Waals surface area contributed by atoms with Crippen LogP contribution >= 0.6 is 0 Å². The van der Waals surface area contributed by atoms with Crippen molar-refractivity contribution in [3.05, 3.63) is 29.7 Å². The lowest BCUT2D eigenvalue weighted by molar-refractivity contribution is 0.171. The van der Waals surface area contributed by atoms with E-state index in [4.69, 9.17) is 15.2 Å². The first-order chi connectivity index (χ1) is 9.15. The van der Waals surface area contributed by atoms with E-state index in [1.807, 2.05) is 0 Å². The number of fused-ring (bicyclic) bond motifs is 1. The minimum atomic E-state index is -0.582. The number of aryl methyl sites for hydroxylation is 1. The summed E-state index contributed by atoms with van der Waals surface area (Å²) in [5, 5.41) is 0. The third-order valence-corrected chi connectivity index (χ3v) is 2.84. The Morgan fingerprint density at radius 3 is 2.63 bits per heavy atom. The highest BCUT2D eigenvalue weighted by atomic mass is 19.1. The number of nitrogen functional groups attached to an aromatic ring is 1. The van der Waals surface area contributed by atoms with Crippen LogP contribution in [-0.4, -0.2) is 23.2 Å². The summed E-state index contributed by atoms with van der Waals surface area (Å²) in [5.41, 5.74) is 6.44. The molecular formula is C13H12FN3O2. The van der Waals surface area contributed by atoms with E-state index in [2.05, 4.69) is 9.97 Å². The number of nitrogens with two attached hydrogens (primary N) is 1. The van der Waals surface area contributed by atoms with Crippen LogP contribution in [0.1, 0.15) is 5.69 Å². The quantitative estimate of drug-likeness (QED) is 0.849. The van der Waals surface area contributed by atoms with Crippen molar-refractivity contribution in [3.63, 3.8) is 0 Å². The molecule has 2 aromatic rings. The highest BCUT2D eigenvalue weighted by Gasteiger charge is 2.15. The van der Waals surface area contributed by atoms with Crippen LogP contribution in [0, 0.1) is 12.7 Å². The first kappa shape index (κ1) is 11.7. The number of aromatic nitrogens is 2. The van der Waals surface area contributed by atoms with E-state index in [1.165, 1.54) is 0 Å². The number of rotatable bonds is 1. The van der Waals surface area contributed by atoms with Crippen molar-refractivity contribution >= 4 is 5.82 Å². The van der Waals surface area contributed by atoms with Gasteiger partial charge in [0.2, 0.25) is 0 Å². The Kier molecular flexibility index (Phi) is 2.70. The van der Waals surface area contributed by atoms with Crippen LogP contribution in [0.5, 0.6) is 11.5 Å². The van der Waals surface area contributed by atoms with Gasteiger partial charge < -0.3 is 15.2 Å². The smallest absolute Gasteiger partial charge is 0.186 e. The zero-order valence-electron chi connectivity index (χ0n) is 10.3. The molecule has 0 saturated heterocycles. The second kappa shape index (κ2) is 4.38. The second-order valence-electron chi connectivity index (χ2n) is 4.19. The van der Waals surface area contributed by atoms with Gasteiger partial charge in [-0.05, 0) is 25.1 Å². The molecule has 0 atom stereocenters. The molecule has 2 heterocycles. The molecule has 1 aliphatic heterocycles. The van der Waals surface area contributed by atoms with E-state index in [0.717, 1.165) is 0 Å². The van der Waals surface area contributed by atoms with Crippen LogP contribution in [0.3, 0.4) is 0 Å². The summed E-state index contributed by atoms with van der Waals surface area (Å²) in [6.07, 6.45) is 0. The molecule has 1 aromatic carbocycles. The summed E-state index contributed by atoms with van der Waals surface area (Å²) in [6.45, 7) is 2.59. The highest BCUT2D eigenvalue weighted by molar-refractivity contribution is 5.62. The van der Waals surface area contributed by atoms with E-state index in [-0.39, 0.29) is 11.5 Å². The molecule has 0 bridgehead atoms. The number of hydrogen-bond acceptors (Lipinski definition) is 5. The lowest BCUT2D eigenvalue weighted by Crippen LogP contribution is -2.15. The van der Waals surface area contributed by atoms with Crippen LogP contribution in [0.25, 0.3) is 11.4 Å². The number of anilines is 1. The first-order valence-electron chi connectivity index (χ1n) is 5.85. The molecule has 19 heavy (non-hydrogen) atoms. The van der Waals surface area contributed by atoms with Crippen molar-refractivity contribution in [2.45, 2.75) is 6.92 Å². The average molecular weight is 261 g/mol. The van der Waals surface area contributed by atoms with E-state index in [9.17, 15) is 4.39 Å². The Hall–Kier alpha value is -2.37. The average Bonchev–Trinajstić information content (AvgIpc) is 2.43. The van der Waals surface area contributed by atoms with Crippen molar-refractivity contribution in [2.24, 2.45) is 0 Å². The number of halogens is 1. The van der Waals surface area contributed by atoms with Gasteiger partial charge in [0.05, 0.1) is 5.69 Å². The predicted molar refractivity (Wildman–Crippen MR) is 67.6 cm³/mol. The molecule has 5 nitrogen and oxygen atoms in total. The van der Waals surface area contributed by atoms with Gasteiger partial charge in [0.1, 0.15) is 13.2 Å². The van der Waals surface area contributed by atoms with Crippen molar-refractivity contribution in [1.82, 2.24) is 9.97 Å². The third-order valence-electron chi connectivity index (χ3n) is 2.84. The summed E-state index contributed by atoms with van der Waals surface area (Å²) in [4.78, 5) is 8.04. The summed E-state index contributed by atoms with van der Waals surface area (Å²) in [5.74, 6) is 0.946. The Labute approximate surface area is 109 Å². The molecule has 3 rings (SSSR count). The number of nitrogens with zero attached hydrogens (tertiary/aromatic N) is 2. The molecule has 0 unspecified atom stereocenters. The van der Waals surface area contributed by atoms with Crippen LogP contribution in [-0.2, 0) is 0 Å². The van der Waals surface area contributed by atoms with Crippen LogP contribution in [0.2, 0.25) is 0 Å². The van der Waals surface area contributed by atoms with Gasteiger partial charge in [-0.2, -0.15) is 0 Å². The zero-order valence-corrected chi connectivity index (χ0v) is 10.3. The minimum Gasteiger partial charge on any atom is -0.486 e. The van der Waals surface area contributed by atoms with Crippen LogP contribution < -0.4 is 15.2 Å². The van der Waals surface area contributed by atoms with E-state index in [1.54, 1.807) is 25.1 Å². The maximum absolute atomic E-state index is 13.4. The number of ether oxygens (including phenoxy) is 2. The molecule has 0 fully saturated rings. The Morgan fingerprint density at radius 2 is 1.89 bits per heavy atom. The molecular weight excluding hydrogens is 249 g/mol. The van der Waals surface area contributed by atoms with Gasteiger partial charge in [0.15, 0.2) is 29.0 Å². The fourth-order valence-corrected chi connectivity index (χ4v) is 1.89. The monoisotopic (exact) mass is 261 g/mol. The van der Waals surface area contributed by atoms with Crippen molar-refractivity contribution < 1.29 is 13.9 Å². The molecule has 2 N–H and O–H groups in total. The van der Waals surface area contributed by atoms with E-state index in [0.29, 0.717) is 36.1 Å². The van der Waals surface area contributed by atoms with Crippen molar-refractivity contribution in [3.8, 4) is 22.9 Å². The lowest BCUT2D eigenvalue weighted by atomic mass is 10.1. The summed E-state index contributed by atoms with van der Waals surface area (Å²) in [7, 11) is 0. The van der Waals surface area contributed by atoms with Crippen molar-refractivity contribution in [2.75, 3.05) is 18.9 Å². The summed E-state index contributed by atoms with van der Waals surface area (Å²) >= 11 is 0. The highest BCUT2D eigenvalue weighted by Crippen LogP contribution is 2.33. The zero-order chi connectivity index (χ0) is 13.4. The molecule has 98 valence electrons. The van der Waals surface area contributed by atoms with Gasteiger partial charge in [0, 0.05) is 5.56 Å². The molecule has 0 spiro atoms. The molecule has 1 aromatic heterocycles. The van der Waals surface area contributed by atoms with Crippen molar-refractivity contribution in [1.29, 1.82) is 0 Å². The third kappa shape index (κ3) is 2.05. The van der Waals surface area contributed by atoms with Gasteiger partial charge in [-0.15, -0.1) is 0 Å². The Bertz CT molecular complexity index is 623. The largest absolute Gasteiger partial charge is 0.486 e. The molecule has 0 aliphatic carbocycles. The normalized spacial score (nSPS) is 13.4. The minimum absolute atomic E-state index is 0.155. The van der Waals surface area contributed by atoms with Gasteiger partial charge in [-0.25, -0.2) is 14.4 Å². The molecule has 0 saturated carbocycles. The number of hydrogen-bond donors (Lipinski definition) is 1. The van der Waals surface area contributed by atoms with Crippen LogP contribution in [0.15, 0.2) is 18.2 Å². The van der Waals surface area contributed by atoms with Gasteiger partial charge in [-0.1, -0.05) is 0 Å². The molecule has 0 radical (unpaired) electrons. The van der Waals surface area contributed by atoms with Gasteiger partial charge in [-0.3, -0.25) is 0 Å². The molecule has 6 heteroatoms. The maximum atomic E-state index is 13.4. The Morgan fingerprint density at radius 1 is 1.16 bits per heavy atom. The summed E-state index contributed by atoms with van der Waals surface area (Å²) < 4.78 is 24.3. The first-order valence-corrected chi connectivity index (χ1v) is 5.85.